The predicted molar refractivity (Wildman–Crippen MR) is 195 cm³/mol. The highest BCUT2D eigenvalue weighted by atomic mass is 35.5. The van der Waals surface area contributed by atoms with Gasteiger partial charge in [-0.25, -0.2) is 32.8 Å². The Morgan fingerprint density at radius 3 is 0.789 bits per heavy atom. The maximum Gasteiger partial charge on any atom is 0.460 e. The third kappa shape index (κ3) is 28.7. The molecule has 0 aliphatic heterocycles. The molecule has 0 aliphatic carbocycles. The molecule has 0 spiro atoms. The third-order valence-corrected chi connectivity index (χ3v) is 6.60. The van der Waals surface area contributed by atoms with E-state index in [1.54, 1.807) is 0 Å². The number of alkyl halides is 29. The fourth-order valence-electron chi connectivity index (χ4n) is 2.27. The number of carbonyl (C=O) groups excluding carboxylic acids is 5. The molecule has 0 heterocycles. The Bertz CT molecular complexity index is 2010. The summed E-state index contributed by atoms with van der Waals surface area (Å²) in [7, 11) is 0. The van der Waals surface area contributed by atoms with Gasteiger partial charge in [0.2, 0.25) is 0 Å². The zero-order chi connectivity index (χ0) is 62.8. The highest BCUT2D eigenvalue weighted by Gasteiger charge is 2.76. The van der Waals surface area contributed by atoms with Crippen LogP contribution in [0.25, 0.3) is 0 Å². The number of carbonyl (C=O) groups is 5. The van der Waals surface area contributed by atoms with Crippen molar-refractivity contribution in [3.8, 4) is 0 Å². The van der Waals surface area contributed by atoms with Crippen molar-refractivity contribution < 1.29 is 175 Å². The van der Waals surface area contributed by atoms with E-state index in [1.165, 1.54) is 0 Å². The summed E-state index contributed by atoms with van der Waals surface area (Å²) in [6.07, 6.45) is -37.5. The van der Waals surface area contributed by atoms with Gasteiger partial charge in [-0.15, -0.1) is 0 Å². The van der Waals surface area contributed by atoms with Crippen LogP contribution in [0.1, 0.15) is 0 Å². The Hall–Kier alpha value is -4.53. The lowest BCUT2D eigenvalue weighted by molar-refractivity contribution is -0.359. The minimum atomic E-state index is -6.47. The van der Waals surface area contributed by atoms with E-state index in [-0.39, 0.29) is 0 Å². The summed E-state index contributed by atoms with van der Waals surface area (Å²) >= 11 is 24.2. The standard InChI is InChI=1S/C8H5ClF8O2.C7H4ClF7O2.C6H3ClF6O2.C6H4ClF5O2.C5H4ClF3O2/c1-3(9)4(18)19-2-6(12,13)8(16,17)7(14,15)5(10)11;1-3(8)4(16)17-2-5(9,10)6(11,12)7(13,14)15;1-2(7)3(14)15-4(5(8,9)10)6(11,12)13;1-3(7)4(13)14-2-5(8,9)6(10,11)12;1-3(6)4(10)11-2-5(7,8)9/h5H,1-2H2;1-2H2;4H,1H2;1-2H2;1-2H2. The van der Waals surface area contributed by atoms with Gasteiger partial charge in [0.05, 0.1) is 0 Å². The summed E-state index contributed by atoms with van der Waals surface area (Å²) in [4.78, 5) is 52.0. The van der Waals surface area contributed by atoms with Crippen molar-refractivity contribution in [3.63, 3.8) is 0 Å². The monoisotopic (exact) mass is 1290 g/mol. The van der Waals surface area contributed by atoms with Crippen molar-refractivity contribution in [2.24, 2.45) is 0 Å². The van der Waals surface area contributed by atoms with E-state index in [4.69, 9.17) is 58.0 Å². The molecular formula is C32H20Cl5F29O10. The van der Waals surface area contributed by atoms with Crippen molar-refractivity contribution in [2.45, 2.75) is 78.9 Å². The Morgan fingerprint density at radius 1 is 0.355 bits per heavy atom. The first kappa shape index (κ1) is 80.3. The van der Waals surface area contributed by atoms with Crippen LogP contribution < -0.4 is 0 Å². The van der Waals surface area contributed by atoms with Crippen LogP contribution in [-0.4, -0.2) is 135 Å². The van der Waals surface area contributed by atoms with Crippen molar-refractivity contribution in [1.82, 2.24) is 0 Å². The lowest BCUT2D eigenvalue weighted by Gasteiger charge is -2.31. The fraction of sp³-hybridized carbons (Fsp3) is 0.531. The molecule has 0 atom stereocenters. The zero-order valence-electron chi connectivity index (χ0n) is 35.0. The molecule has 0 aromatic carbocycles. The molecule has 0 aliphatic rings. The molecule has 0 aromatic heterocycles. The molecule has 10 nitrogen and oxygen atoms in total. The average molecular weight is 1290 g/mol. The van der Waals surface area contributed by atoms with Gasteiger partial charge in [0.15, 0.2) is 26.4 Å². The SMILES string of the molecule is C=C(Cl)C(=O)OC(C(F)(F)F)C(F)(F)F.C=C(Cl)C(=O)OCC(F)(F)C(F)(F)C(F)(F)C(F)F.C=C(Cl)C(=O)OCC(F)(F)C(F)(F)C(F)(F)F.C=C(Cl)C(=O)OCC(F)(F)C(F)(F)F.C=C(Cl)C(=O)OCC(F)(F)F. The van der Waals surface area contributed by atoms with Crippen LogP contribution in [0.3, 0.4) is 0 Å². The molecule has 446 valence electrons. The largest absolute Gasteiger partial charge is 0.460 e. The number of halogens is 34. The Kier molecular flexibility index (Phi) is 31.7. The number of hydrogen-bond donors (Lipinski definition) is 0. The molecule has 0 aromatic rings. The minimum absolute atomic E-state index is 0.575. The van der Waals surface area contributed by atoms with Crippen LogP contribution in [0, 0.1) is 0 Å². The van der Waals surface area contributed by atoms with Gasteiger partial charge in [-0.05, 0) is 0 Å². The number of esters is 5. The van der Waals surface area contributed by atoms with Gasteiger partial charge >= 0.3 is 103 Å². The second-order valence-electron chi connectivity index (χ2n) is 12.0. The van der Waals surface area contributed by atoms with E-state index in [9.17, 15) is 151 Å². The van der Waals surface area contributed by atoms with E-state index >= 15 is 0 Å². The van der Waals surface area contributed by atoms with Crippen molar-refractivity contribution in [2.75, 3.05) is 26.4 Å². The molecule has 0 amide bonds. The first-order chi connectivity index (χ1) is 33.0. The molecule has 0 bridgehead atoms. The topological polar surface area (TPSA) is 132 Å². The lowest BCUT2D eigenvalue weighted by Crippen LogP contribution is -2.59. The summed E-state index contributed by atoms with van der Waals surface area (Å²) in [5.74, 6) is -43.7. The average Bonchev–Trinajstić information content (AvgIpc) is 3.20. The quantitative estimate of drug-likeness (QED) is 0.0600. The molecule has 44 heteroatoms. The van der Waals surface area contributed by atoms with E-state index in [1.807, 2.05) is 0 Å². The van der Waals surface area contributed by atoms with Crippen molar-refractivity contribution in [1.29, 1.82) is 0 Å². The van der Waals surface area contributed by atoms with Gasteiger partial charge in [0.1, 0.15) is 25.2 Å². The first-order valence-electron chi connectivity index (χ1n) is 16.5. The lowest BCUT2D eigenvalue weighted by atomic mass is 10.1. The summed E-state index contributed by atoms with van der Waals surface area (Å²) in [6, 6.07) is 0. The van der Waals surface area contributed by atoms with Crippen LogP contribution in [0.2, 0.25) is 0 Å². The van der Waals surface area contributed by atoms with Gasteiger partial charge < -0.3 is 23.7 Å². The van der Waals surface area contributed by atoms with Crippen LogP contribution in [0.5, 0.6) is 0 Å². The molecular weight excluding hydrogens is 1270 g/mol. The summed E-state index contributed by atoms with van der Waals surface area (Å²) in [5, 5.41) is -4.35. The van der Waals surface area contributed by atoms with Gasteiger partial charge in [0.25, 0.3) is 6.10 Å². The van der Waals surface area contributed by atoms with Gasteiger partial charge in [-0.2, -0.15) is 119 Å². The van der Waals surface area contributed by atoms with E-state index < -0.39 is 160 Å². The summed E-state index contributed by atoms with van der Waals surface area (Å²) < 4.78 is 364. The summed E-state index contributed by atoms with van der Waals surface area (Å²) in [6.45, 7) is 4.90. The number of hydrogen-bond acceptors (Lipinski definition) is 10. The molecule has 0 radical (unpaired) electrons. The maximum atomic E-state index is 12.8. The van der Waals surface area contributed by atoms with E-state index in [2.05, 4.69) is 56.6 Å². The minimum Gasteiger partial charge on any atom is -0.455 e. The van der Waals surface area contributed by atoms with Crippen molar-refractivity contribution in [3.05, 3.63) is 58.1 Å². The van der Waals surface area contributed by atoms with E-state index in [0.717, 1.165) is 0 Å². The highest BCUT2D eigenvalue weighted by Crippen LogP contribution is 2.49. The van der Waals surface area contributed by atoms with Crippen LogP contribution in [0.4, 0.5) is 127 Å². The predicted octanol–water partition coefficient (Wildman–Crippen LogP) is 13.7. The molecule has 0 rings (SSSR count). The molecule has 0 fully saturated rings. The Labute approximate surface area is 425 Å². The molecule has 0 unspecified atom stereocenters. The Morgan fingerprint density at radius 2 is 0.592 bits per heavy atom. The van der Waals surface area contributed by atoms with Gasteiger partial charge in [-0.3, -0.25) is 0 Å². The molecule has 0 saturated heterocycles. The fourth-order valence-corrected chi connectivity index (χ4v) is 2.53. The molecule has 76 heavy (non-hydrogen) atoms. The highest BCUT2D eigenvalue weighted by molar-refractivity contribution is 6.42. The zero-order valence-corrected chi connectivity index (χ0v) is 38.7. The smallest absolute Gasteiger partial charge is 0.455 e. The van der Waals surface area contributed by atoms with Crippen molar-refractivity contribution >= 4 is 87.9 Å². The van der Waals surface area contributed by atoms with Gasteiger partial charge in [-0.1, -0.05) is 90.9 Å². The number of ether oxygens (including phenoxy) is 5. The first-order valence-corrected chi connectivity index (χ1v) is 18.4. The maximum absolute atomic E-state index is 12.8. The van der Waals surface area contributed by atoms with Crippen LogP contribution in [0.15, 0.2) is 58.1 Å². The van der Waals surface area contributed by atoms with Crippen LogP contribution >= 0.6 is 58.0 Å². The van der Waals surface area contributed by atoms with E-state index in [0.29, 0.717) is 0 Å². The number of rotatable bonds is 17. The summed E-state index contributed by atoms with van der Waals surface area (Å²) in [5.41, 5.74) is 0. The normalized spacial score (nSPS) is 12.8. The third-order valence-electron chi connectivity index (χ3n) is 5.83. The van der Waals surface area contributed by atoms with Gasteiger partial charge in [0, 0.05) is 0 Å². The molecule has 0 saturated carbocycles. The molecule has 0 N–H and O–H groups in total. The van der Waals surface area contributed by atoms with Crippen LogP contribution in [-0.2, 0) is 47.7 Å². The Balaban J connectivity index is -0.000000279. The second-order valence-corrected chi connectivity index (χ2v) is 14.3. The second kappa shape index (κ2) is 30.0.